The maximum Gasteiger partial charge on any atom is 0.339 e. The number of esters is 1. The van der Waals surface area contributed by atoms with E-state index < -0.39 is 5.97 Å². The van der Waals surface area contributed by atoms with Crippen molar-refractivity contribution in [2.75, 3.05) is 19.0 Å². The minimum atomic E-state index is -0.422. The van der Waals surface area contributed by atoms with Crippen molar-refractivity contribution in [1.29, 1.82) is 0 Å². The first-order valence-electron chi connectivity index (χ1n) is 4.30. The van der Waals surface area contributed by atoms with E-state index in [0.29, 0.717) is 10.6 Å². The molecule has 4 heteroatoms. The molecule has 0 aromatic heterocycles. The Balaban J connectivity index is 3.01. The van der Waals surface area contributed by atoms with Crippen molar-refractivity contribution in [2.24, 2.45) is 0 Å². The Morgan fingerprint density at radius 3 is 2.86 bits per heavy atom. The largest absolute Gasteiger partial charge is 0.465 e. The zero-order valence-electron chi connectivity index (χ0n) is 8.13. The number of halogens is 1. The predicted octanol–water partition coefficient (Wildman–Crippen LogP) is 2.56. The van der Waals surface area contributed by atoms with Crippen LogP contribution >= 0.6 is 11.6 Å². The molecule has 1 aromatic carbocycles. The molecule has 0 aliphatic carbocycles. The number of methoxy groups -OCH3 is 1. The van der Waals surface area contributed by atoms with Gasteiger partial charge in [0.15, 0.2) is 0 Å². The average Bonchev–Trinajstić information content (AvgIpc) is 2.20. The average molecular weight is 214 g/mol. The third-order valence-corrected chi connectivity index (χ3v) is 2.08. The van der Waals surface area contributed by atoms with Gasteiger partial charge in [0, 0.05) is 12.2 Å². The molecule has 0 unspecified atom stereocenters. The summed E-state index contributed by atoms with van der Waals surface area (Å²) in [5, 5.41) is 3.49. The lowest BCUT2D eigenvalue weighted by Gasteiger charge is -2.06. The number of benzene rings is 1. The normalized spacial score (nSPS) is 9.64. The minimum absolute atomic E-state index is 0.382. The van der Waals surface area contributed by atoms with Crippen LogP contribution in [0, 0.1) is 0 Å². The highest BCUT2D eigenvalue weighted by Crippen LogP contribution is 2.21. The van der Waals surface area contributed by atoms with Gasteiger partial charge in [0.05, 0.1) is 17.7 Å². The third-order valence-electron chi connectivity index (χ3n) is 1.75. The van der Waals surface area contributed by atoms with Gasteiger partial charge in [0.2, 0.25) is 0 Å². The van der Waals surface area contributed by atoms with Crippen molar-refractivity contribution in [2.45, 2.75) is 6.92 Å². The quantitative estimate of drug-likeness (QED) is 0.785. The predicted molar refractivity (Wildman–Crippen MR) is 57.0 cm³/mol. The Kier molecular flexibility index (Phi) is 3.77. The van der Waals surface area contributed by atoms with E-state index >= 15 is 0 Å². The van der Waals surface area contributed by atoms with Crippen molar-refractivity contribution >= 4 is 23.3 Å². The van der Waals surface area contributed by atoms with E-state index in [9.17, 15) is 4.79 Å². The van der Waals surface area contributed by atoms with Crippen LogP contribution in [-0.4, -0.2) is 19.6 Å². The Hall–Kier alpha value is -1.22. The number of hydrogen-bond acceptors (Lipinski definition) is 3. The van der Waals surface area contributed by atoms with Gasteiger partial charge in [-0.2, -0.15) is 0 Å². The molecule has 0 saturated heterocycles. The third kappa shape index (κ3) is 2.39. The van der Waals surface area contributed by atoms with Crippen LogP contribution < -0.4 is 5.32 Å². The van der Waals surface area contributed by atoms with E-state index in [4.69, 9.17) is 11.6 Å². The number of carbonyl (C=O) groups is 1. The SMILES string of the molecule is CCNc1ccc(Cl)c(C(=O)OC)c1. The van der Waals surface area contributed by atoms with Crippen molar-refractivity contribution in [3.8, 4) is 0 Å². The van der Waals surface area contributed by atoms with E-state index in [1.165, 1.54) is 7.11 Å². The van der Waals surface area contributed by atoms with Crippen LogP contribution in [0.2, 0.25) is 5.02 Å². The number of carbonyl (C=O) groups excluding carboxylic acids is 1. The van der Waals surface area contributed by atoms with Crippen LogP contribution in [0.5, 0.6) is 0 Å². The summed E-state index contributed by atoms with van der Waals surface area (Å²) in [5.41, 5.74) is 1.24. The monoisotopic (exact) mass is 213 g/mol. The van der Waals surface area contributed by atoms with E-state index in [1.807, 2.05) is 13.0 Å². The summed E-state index contributed by atoms with van der Waals surface area (Å²) in [6, 6.07) is 5.17. The summed E-state index contributed by atoms with van der Waals surface area (Å²) in [6.07, 6.45) is 0. The van der Waals surface area contributed by atoms with Crippen molar-refractivity contribution in [3.63, 3.8) is 0 Å². The summed E-state index contributed by atoms with van der Waals surface area (Å²) in [6.45, 7) is 2.77. The molecule has 0 radical (unpaired) electrons. The second-order valence-corrected chi connectivity index (χ2v) is 3.12. The molecule has 1 aromatic rings. The molecule has 0 amide bonds. The summed E-state index contributed by atoms with van der Waals surface area (Å²) in [4.78, 5) is 11.3. The van der Waals surface area contributed by atoms with Crippen molar-refractivity contribution in [1.82, 2.24) is 0 Å². The van der Waals surface area contributed by atoms with Gasteiger partial charge in [-0.1, -0.05) is 11.6 Å². The summed E-state index contributed by atoms with van der Waals surface area (Å²) in [7, 11) is 1.33. The van der Waals surface area contributed by atoms with Gasteiger partial charge < -0.3 is 10.1 Å². The number of anilines is 1. The van der Waals surface area contributed by atoms with Gasteiger partial charge in [0.1, 0.15) is 0 Å². The summed E-state index contributed by atoms with van der Waals surface area (Å²) in [5.74, 6) is -0.422. The lowest BCUT2D eigenvalue weighted by Crippen LogP contribution is -2.04. The van der Waals surface area contributed by atoms with Crippen LogP contribution in [0.25, 0.3) is 0 Å². The highest BCUT2D eigenvalue weighted by atomic mass is 35.5. The fraction of sp³-hybridized carbons (Fsp3) is 0.300. The van der Waals surface area contributed by atoms with E-state index in [-0.39, 0.29) is 0 Å². The standard InChI is InChI=1S/C10H12ClNO2/c1-3-12-7-4-5-9(11)8(6-7)10(13)14-2/h4-6,12H,3H2,1-2H3. The van der Waals surface area contributed by atoms with Crippen molar-refractivity contribution < 1.29 is 9.53 Å². The zero-order chi connectivity index (χ0) is 10.6. The lowest BCUT2D eigenvalue weighted by atomic mass is 10.2. The van der Waals surface area contributed by atoms with E-state index in [2.05, 4.69) is 10.1 Å². The Morgan fingerprint density at radius 2 is 2.29 bits per heavy atom. The van der Waals surface area contributed by atoms with Crippen LogP contribution in [0.1, 0.15) is 17.3 Å². The molecular formula is C10H12ClNO2. The second-order valence-electron chi connectivity index (χ2n) is 2.72. The first-order chi connectivity index (χ1) is 6.69. The maximum atomic E-state index is 11.3. The van der Waals surface area contributed by atoms with Gasteiger partial charge in [-0.05, 0) is 25.1 Å². The first kappa shape index (κ1) is 10.9. The highest BCUT2D eigenvalue weighted by Gasteiger charge is 2.10. The fourth-order valence-electron chi connectivity index (χ4n) is 1.11. The number of rotatable bonds is 3. The molecule has 76 valence electrons. The molecule has 1 N–H and O–H groups in total. The second kappa shape index (κ2) is 4.86. The fourth-order valence-corrected chi connectivity index (χ4v) is 1.30. The minimum Gasteiger partial charge on any atom is -0.465 e. The van der Waals surface area contributed by atoms with E-state index in [0.717, 1.165) is 12.2 Å². The molecule has 0 saturated carbocycles. The molecule has 3 nitrogen and oxygen atoms in total. The number of nitrogens with one attached hydrogen (secondary N) is 1. The maximum absolute atomic E-state index is 11.3. The molecule has 0 bridgehead atoms. The topological polar surface area (TPSA) is 38.3 Å². The Bertz CT molecular complexity index is 339. The molecule has 14 heavy (non-hydrogen) atoms. The molecule has 0 aliphatic heterocycles. The van der Waals surface area contributed by atoms with Gasteiger partial charge in [-0.3, -0.25) is 0 Å². The summed E-state index contributed by atoms with van der Waals surface area (Å²) < 4.78 is 4.60. The summed E-state index contributed by atoms with van der Waals surface area (Å²) >= 11 is 5.84. The zero-order valence-corrected chi connectivity index (χ0v) is 8.89. The smallest absolute Gasteiger partial charge is 0.339 e. The lowest BCUT2D eigenvalue weighted by molar-refractivity contribution is 0.0601. The van der Waals surface area contributed by atoms with Gasteiger partial charge >= 0.3 is 5.97 Å². The Labute approximate surface area is 88.0 Å². The number of hydrogen-bond donors (Lipinski definition) is 1. The molecule has 0 aliphatic rings. The Morgan fingerprint density at radius 1 is 1.57 bits per heavy atom. The van der Waals surface area contributed by atoms with Gasteiger partial charge in [-0.15, -0.1) is 0 Å². The van der Waals surface area contributed by atoms with Crippen LogP contribution in [0.15, 0.2) is 18.2 Å². The molecule has 0 heterocycles. The van der Waals surface area contributed by atoms with Crippen LogP contribution in [0.4, 0.5) is 5.69 Å². The van der Waals surface area contributed by atoms with Gasteiger partial charge in [0.25, 0.3) is 0 Å². The number of ether oxygens (including phenoxy) is 1. The molecular weight excluding hydrogens is 202 g/mol. The molecule has 0 atom stereocenters. The van der Waals surface area contributed by atoms with Gasteiger partial charge in [-0.25, -0.2) is 4.79 Å². The molecule has 0 fully saturated rings. The first-order valence-corrected chi connectivity index (χ1v) is 4.68. The van der Waals surface area contributed by atoms with Crippen LogP contribution in [0.3, 0.4) is 0 Å². The highest BCUT2D eigenvalue weighted by molar-refractivity contribution is 6.33. The van der Waals surface area contributed by atoms with Crippen LogP contribution in [-0.2, 0) is 4.74 Å². The molecule has 0 spiro atoms. The van der Waals surface area contributed by atoms with E-state index in [1.54, 1.807) is 12.1 Å². The van der Waals surface area contributed by atoms with Crippen molar-refractivity contribution in [3.05, 3.63) is 28.8 Å². The molecule has 1 rings (SSSR count).